The Morgan fingerprint density at radius 2 is 1.78 bits per heavy atom. The molecule has 0 aliphatic rings. The van der Waals surface area contributed by atoms with E-state index in [0.29, 0.717) is 29.0 Å². The lowest BCUT2D eigenvalue weighted by Gasteiger charge is -2.11. The van der Waals surface area contributed by atoms with Crippen LogP contribution in [0, 0.1) is 0 Å². The first-order chi connectivity index (χ1) is 13.2. The molecule has 6 heteroatoms. The van der Waals surface area contributed by atoms with Crippen LogP contribution in [0.1, 0.15) is 11.1 Å². The third-order valence-corrected chi connectivity index (χ3v) is 4.04. The fraction of sp³-hybridized carbons (Fsp3) is 0.143. The average molecular weight is 383 g/mol. The number of aromatic nitrogens is 1. The quantitative estimate of drug-likeness (QED) is 0.534. The molecule has 0 saturated heterocycles. The molecular formula is C21H19ClN2O3. The zero-order valence-corrected chi connectivity index (χ0v) is 15.8. The van der Waals surface area contributed by atoms with Crippen molar-refractivity contribution in [3.63, 3.8) is 0 Å². The van der Waals surface area contributed by atoms with E-state index < -0.39 is 0 Å². The van der Waals surface area contributed by atoms with E-state index in [1.807, 2.05) is 48.5 Å². The molecule has 1 heterocycles. The highest BCUT2D eigenvalue weighted by atomic mass is 35.5. The molecule has 3 rings (SSSR count). The number of ether oxygens (including phenoxy) is 3. The van der Waals surface area contributed by atoms with Gasteiger partial charge >= 0.3 is 0 Å². The molecule has 0 aliphatic carbocycles. The van der Waals surface area contributed by atoms with Crippen LogP contribution < -0.4 is 14.2 Å². The Morgan fingerprint density at radius 1 is 0.963 bits per heavy atom. The SMILES string of the molecule is COc1ccc(N=Cc2ccc(OCc3ccc(Cl)cc3)c(OC)c2)cn1. The van der Waals surface area contributed by atoms with Crippen molar-refractivity contribution in [1.82, 2.24) is 4.98 Å². The summed E-state index contributed by atoms with van der Waals surface area (Å²) in [7, 11) is 3.19. The van der Waals surface area contributed by atoms with Crippen molar-refractivity contribution in [2.24, 2.45) is 4.99 Å². The summed E-state index contributed by atoms with van der Waals surface area (Å²) in [4.78, 5) is 8.53. The highest BCUT2D eigenvalue weighted by molar-refractivity contribution is 6.30. The summed E-state index contributed by atoms with van der Waals surface area (Å²) in [6, 6.07) is 16.8. The summed E-state index contributed by atoms with van der Waals surface area (Å²) >= 11 is 5.90. The molecule has 0 radical (unpaired) electrons. The zero-order valence-electron chi connectivity index (χ0n) is 15.1. The second kappa shape index (κ2) is 9.05. The van der Waals surface area contributed by atoms with Gasteiger partial charge in [-0.3, -0.25) is 4.99 Å². The lowest BCUT2D eigenvalue weighted by atomic mass is 10.2. The van der Waals surface area contributed by atoms with Gasteiger partial charge in [0.1, 0.15) is 6.61 Å². The fourth-order valence-corrected chi connectivity index (χ4v) is 2.47. The Hall–Kier alpha value is -3.05. The van der Waals surface area contributed by atoms with E-state index in [0.717, 1.165) is 16.8 Å². The monoisotopic (exact) mass is 382 g/mol. The molecule has 0 fully saturated rings. The highest BCUT2D eigenvalue weighted by Gasteiger charge is 2.06. The number of benzene rings is 2. The van der Waals surface area contributed by atoms with E-state index in [9.17, 15) is 0 Å². The van der Waals surface area contributed by atoms with Crippen LogP contribution in [0.2, 0.25) is 5.02 Å². The van der Waals surface area contributed by atoms with E-state index in [2.05, 4.69) is 9.98 Å². The van der Waals surface area contributed by atoms with Crippen LogP contribution in [0.3, 0.4) is 0 Å². The minimum absolute atomic E-state index is 0.429. The van der Waals surface area contributed by atoms with Gasteiger partial charge in [-0.15, -0.1) is 0 Å². The first kappa shape index (κ1) is 18.7. The van der Waals surface area contributed by atoms with Crippen LogP contribution in [-0.4, -0.2) is 25.4 Å². The largest absolute Gasteiger partial charge is 0.493 e. The summed E-state index contributed by atoms with van der Waals surface area (Å²) in [6.07, 6.45) is 3.39. The number of aliphatic imine (C=N–C) groups is 1. The third-order valence-electron chi connectivity index (χ3n) is 3.79. The zero-order chi connectivity index (χ0) is 19.1. The first-order valence-electron chi connectivity index (χ1n) is 8.27. The van der Waals surface area contributed by atoms with Crippen LogP contribution in [-0.2, 0) is 6.61 Å². The number of pyridine rings is 1. The molecule has 0 bridgehead atoms. The molecule has 2 aromatic carbocycles. The van der Waals surface area contributed by atoms with Crippen molar-refractivity contribution in [2.75, 3.05) is 14.2 Å². The van der Waals surface area contributed by atoms with E-state index in [1.165, 1.54) is 0 Å². The van der Waals surface area contributed by atoms with Gasteiger partial charge in [0, 0.05) is 17.3 Å². The number of rotatable bonds is 7. The topological polar surface area (TPSA) is 52.9 Å². The summed E-state index contributed by atoms with van der Waals surface area (Å²) in [5.74, 6) is 1.86. The minimum Gasteiger partial charge on any atom is -0.493 e. The Bertz CT molecular complexity index is 910. The molecule has 0 atom stereocenters. The molecule has 0 aliphatic heterocycles. The van der Waals surface area contributed by atoms with Gasteiger partial charge < -0.3 is 14.2 Å². The van der Waals surface area contributed by atoms with Crippen LogP contribution in [0.4, 0.5) is 5.69 Å². The molecule has 0 spiro atoms. The second-order valence-corrected chi connectivity index (χ2v) is 6.08. The van der Waals surface area contributed by atoms with Crippen molar-refractivity contribution in [1.29, 1.82) is 0 Å². The maximum atomic E-state index is 5.90. The van der Waals surface area contributed by atoms with Crippen molar-refractivity contribution in [2.45, 2.75) is 6.61 Å². The summed E-state index contributed by atoms with van der Waals surface area (Å²) < 4.78 is 16.3. The minimum atomic E-state index is 0.429. The number of hydrogen-bond donors (Lipinski definition) is 0. The normalized spacial score (nSPS) is 10.8. The van der Waals surface area contributed by atoms with Crippen molar-refractivity contribution < 1.29 is 14.2 Å². The lowest BCUT2D eigenvalue weighted by molar-refractivity contribution is 0.284. The Labute approximate surface area is 163 Å². The molecule has 138 valence electrons. The second-order valence-electron chi connectivity index (χ2n) is 5.64. The first-order valence-corrected chi connectivity index (χ1v) is 8.65. The summed E-state index contributed by atoms with van der Waals surface area (Å²) in [5, 5.41) is 0.701. The van der Waals surface area contributed by atoms with Gasteiger partial charge in [-0.25, -0.2) is 4.98 Å². The number of nitrogens with zero attached hydrogens (tertiary/aromatic N) is 2. The third kappa shape index (κ3) is 5.21. The van der Waals surface area contributed by atoms with Gasteiger partial charge in [0.25, 0.3) is 0 Å². The van der Waals surface area contributed by atoms with Gasteiger partial charge in [0.2, 0.25) is 5.88 Å². The Kier molecular flexibility index (Phi) is 6.28. The van der Waals surface area contributed by atoms with Crippen LogP contribution >= 0.6 is 11.6 Å². The van der Waals surface area contributed by atoms with Gasteiger partial charge in [-0.05, 0) is 47.5 Å². The number of halogens is 1. The maximum Gasteiger partial charge on any atom is 0.213 e. The summed E-state index contributed by atoms with van der Waals surface area (Å²) in [5.41, 5.74) is 2.65. The van der Waals surface area contributed by atoms with E-state index in [-0.39, 0.29) is 0 Å². The van der Waals surface area contributed by atoms with Crippen LogP contribution in [0.25, 0.3) is 0 Å². The molecule has 0 unspecified atom stereocenters. The van der Waals surface area contributed by atoms with Crippen LogP contribution in [0.5, 0.6) is 17.4 Å². The van der Waals surface area contributed by atoms with E-state index in [4.69, 9.17) is 25.8 Å². The molecule has 27 heavy (non-hydrogen) atoms. The predicted molar refractivity (Wildman–Crippen MR) is 107 cm³/mol. The van der Waals surface area contributed by atoms with Gasteiger partial charge in [0.05, 0.1) is 26.1 Å². The lowest BCUT2D eigenvalue weighted by Crippen LogP contribution is -1.98. The van der Waals surface area contributed by atoms with Crippen molar-refractivity contribution in [3.8, 4) is 17.4 Å². The fourth-order valence-electron chi connectivity index (χ4n) is 2.34. The van der Waals surface area contributed by atoms with Crippen molar-refractivity contribution >= 4 is 23.5 Å². The van der Waals surface area contributed by atoms with E-state index >= 15 is 0 Å². The molecule has 0 N–H and O–H groups in total. The smallest absolute Gasteiger partial charge is 0.213 e. The highest BCUT2D eigenvalue weighted by Crippen LogP contribution is 2.28. The van der Waals surface area contributed by atoms with Gasteiger partial charge in [-0.2, -0.15) is 0 Å². The van der Waals surface area contributed by atoms with E-state index in [1.54, 1.807) is 32.7 Å². The molecule has 0 amide bonds. The molecule has 5 nitrogen and oxygen atoms in total. The average Bonchev–Trinajstić information content (AvgIpc) is 2.72. The standard InChI is InChI=1S/C21H19ClN2O3/c1-25-20-11-16(12-23-18-8-10-21(26-2)24-13-18)5-9-19(20)27-14-15-3-6-17(22)7-4-15/h3-13H,14H2,1-2H3. The number of methoxy groups -OCH3 is 2. The van der Waals surface area contributed by atoms with Crippen molar-refractivity contribution in [3.05, 3.63) is 76.9 Å². The Balaban J connectivity index is 1.69. The van der Waals surface area contributed by atoms with Crippen LogP contribution in [0.15, 0.2) is 65.8 Å². The predicted octanol–water partition coefficient (Wildman–Crippen LogP) is 5.08. The Morgan fingerprint density at radius 3 is 2.44 bits per heavy atom. The summed E-state index contributed by atoms with van der Waals surface area (Å²) in [6.45, 7) is 0.429. The maximum absolute atomic E-state index is 5.90. The van der Waals surface area contributed by atoms with Gasteiger partial charge in [-0.1, -0.05) is 23.7 Å². The number of hydrogen-bond acceptors (Lipinski definition) is 5. The van der Waals surface area contributed by atoms with Gasteiger partial charge in [0.15, 0.2) is 11.5 Å². The molecule has 3 aromatic rings. The molecule has 0 saturated carbocycles. The molecular weight excluding hydrogens is 364 g/mol. The molecule has 1 aromatic heterocycles.